The van der Waals surface area contributed by atoms with Crippen LogP contribution in [0.25, 0.3) is 0 Å². The molecule has 2 aromatic rings. The van der Waals surface area contributed by atoms with E-state index in [-0.39, 0.29) is 0 Å². The summed E-state index contributed by atoms with van der Waals surface area (Å²) < 4.78 is 0. The number of rotatable bonds is 3. The summed E-state index contributed by atoms with van der Waals surface area (Å²) in [4.78, 5) is 4.33. The van der Waals surface area contributed by atoms with Crippen molar-refractivity contribution in [2.45, 2.75) is 13.3 Å². The number of para-hydroxylation sites is 1. The molecule has 76 valence electrons. The van der Waals surface area contributed by atoms with E-state index in [2.05, 4.69) is 23.3 Å². The first kappa shape index (κ1) is 9.71. The first-order valence-electron chi connectivity index (χ1n) is 5.16. The highest BCUT2D eigenvalue weighted by Gasteiger charge is 2.00. The van der Waals surface area contributed by atoms with Gasteiger partial charge in [-0.3, -0.25) is 0 Å². The lowest BCUT2D eigenvalue weighted by Crippen LogP contribution is -1.97. The van der Waals surface area contributed by atoms with Gasteiger partial charge in [0, 0.05) is 11.9 Å². The summed E-state index contributed by atoms with van der Waals surface area (Å²) in [5.74, 6) is 0.950. The van der Waals surface area contributed by atoms with Gasteiger partial charge in [0.2, 0.25) is 0 Å². The molecule has 1 aromatic carbocycles. The van der Waals surface area contributed by atoms with Gasteiger partial charge in [-0.05, 0) is 30.2 Å². The lowest BCUT2D eigenvalue weighted by Gasteiger charge is -2.08. The molecule has 2 rings (SSSR count). The first-order valence-corrected chi connectivity index (χ1v) is 5.16. The monoisotopic (exact) mass is 198 g/mol. The largest absolute Gasteiger partial charge is 0.340 e. The van der Waals surface area contributed by atoms with Gasteiger partial charge in [0.05, 0.1) is 0 Å². The quantitative estimate of drug-likeness (QED) is 0.817. The fourth-order valence-corrected chi connectivity index (χ4v) is 1.49. The zero-order chi connectivity index (χ0) is 10.5. The highest BCUT2D eigenvalue weighted by atomic mass is 15.0. The molecule has 0 saturated carbocycles. The Morgan fingerprint density at radius 2 is 1.87 bits per heavy atom. The molecule has 0 fully saturated rings. The molecule has 0 amide bonds. The predicted octanol–water partition coefficient (Wildman–Crippen LogP) is 3.39. The molecule has 0 aliphatic rings. The van der Waals surface area contributed by atoms with Crippen molar-refractivity contribution in [2.24, 2.45) is 0 Å². The van der Waals surface area contributed by atoms with Crippen LogP contribution >= 0.6 is 0 Å². The minimum atomic E-state index is 0.950. The molecule has 2 nitrogen and oxygen atoms in total. The normalized spacial score (nSPS) is 9.93. The van der Waals surface area contributed by atoms with E-state index in [0.717, 1.165) is 17.9 Å². The third kappa shape index (κ3) is 2.34. The Kier molecular flexibility index (Phi) is 2.98. The summed E-state index contributed by atoms with van der Waals surface area (Å²) in [6.45, 7) is 2.13. The second-order valence-electron chi connectivity index (χ2n) is 3.36. The van der Waals surface area contributed by atoms with Gasteiger partial charge in [-0.25, -0.2) is 4.98 Å². The summed E-state index contributed by atoms with van der Waals surface area (Å²) in [6, 6.07) is 14.2. The molecule has 15 heavy (non-hydrogen) atoms. The molecule has 1 aromatic heterocycles. The van der Waals surface area contributed by atoms with E-state index in [0.29, 0.717) is 0 Å². The minimum absolute atomic E-state index is 0.950. The van der Waals surface area contributed by atoms with Gasteiger partial charge in [-0.2, -0.15) is 0 Å². The number of anilines is 2. The van der Waals surface area contributed by atoms with E-state index >= 15 is 0 Å². The van der Waals surface area contributed by atoms with Crippen molar-refractivity contribution >= 4 is 11.5 Å². The number of hydrogen-bond acceptors (Lipinski definition) is 2. The lowest BCUT2D eigenvalue weighted by molar-refractivity contribution is 1.11. The van der Waals surface area contributed by atoms with E-state index in [1.165, 1.54) is 5.56 Å². The third-order valence-corrected chi connectivity index (χ3v) is 2.31. The second kappa shape index (κ2) is 4.60. The van der Waals surface area contributed by atoms with Crippen LogP contribution in [-0.2, 0) is 6.42 Å². The van der Waals surface area contributed by atoms with Gasteiger partial charge in [0.25, 0.3) is 0 Å². The van der Waals surface area contributed by atoms with Gasteiger partial charge in [-0.1, -0.05) is 31.2 Å². The number of hydrogen-bond donors (Lipinski definition) is 1. The molecular weight excluding hydrogens is 184 g/mol. The third-order valence-electron chi connectivity index (χ3n) is 2.31. The Balaban J connectivity index is 2.24. The zero-order valence-corrected chi connectivity index (χ0v) is 8.77. The number of nitrogens with zero attached hydrogens (tertiary/aromatic N) is 1. The maximum atomic E-state index is 4.33. The van der Waals surface area contributed by atoms with Crippen molar-refractivity contribution in [3.63, 3.8) is 0 Å². The van der Waals surface area contributed by atoms with E-state index in [1.807, 2.05) is 42.6 Å². The van der Waals surface area contributed by atoms with Crippen molar-refractivity contribution < 1.29 is 0 Å². The average Bonchev–Trinajstić information content (AvgIpc) is 2.31. The summed E-state index contributed by atoms with van der Waals surface area (Å²) >= 11 is 0. The highest BCUT2D eigenvalue weighted by Crippen LogP contribution is 2.17. The van der Waals surface area contributed by atoms with Gasteiger partial charge < -0.3 is 5.32 Å². The molecule has 0 aliphatic heterocycles. The minimum Gasteiger partial charge on any atom is -0.340 e. The lowest BCUT2D eigenvalue weighted by atomic mass is 10.2. The standard InChI is InChI=1S/C13H14N2/c1-2-11-7-6-10-14-13(11)15-12-8-4-3-5-9-12/h3-10H,2H2,1H3,(H,14,15). The number of pyridine rings is 1. The van der Waals surface area contributed by atoms with Crippen molar-refractivity contribution in [1.82, 2.24) is 4.98 Å². The Hall–Kier alpha value is -1.83. The van der Waals surface area contributed by atoms with Gasteiger partial charge in [-0.15, -0.1) is 0 Å². The Bertz CT molecular complexity index is 424. The van der Waals surface area contributed by atoms with Crippen LogP contribution in [0.2, 0.25) is 0 Å². The van der Waals surface area contributed by atoms with Gasteiger partial charge in [0.1, 0.15) is 5.82 Å². The number of aryl methyl sites for hydroxylation is 1. The number of nitrogens with one attached hydrogen (secondary N) is 1. The smallest absolute Gasteiger partial charge is 0.133 e. The van der Waals surface area contributed by atoms with Crippen LogP contribution in [0.1, 0.15) is 12.5 Å². The fraction of sp³-hybridized carbons (Fsp3) is 0.154. The molecule has 0 spiro atoms. The average molecular weight is 198 g/mol. The van der Waals surface area contributed by atoms with Gasteiger partial charge >= 0.3 is 0 Å². The van der Waals surface area contributed by atoms with Crippen LogP contribution < -0.4 is 5.32 Å². The molecule has 2 heteroatoms. The molecule has 0 bridgehead atoms. The Morgan fingerprint density at radius 1 is 1.07 bits per heavy atom. The molecule has 0 radical (unpaired) electrons. The maximum Gasteiger partial charge on any atom is 0.133 e. The maximum absolute atomic E-state index is 4.33. The highest BCUT2D eigenvalue weighted by molar-refractivity contribution is 5.58. The van der Waals surface area contributed by atoms with Crippen LogP contribution in [0.15, 0.2) is 48.7 Å². The van der Waals surface area contributed by atoms with Crippen molar-refractivity contribution in [3.8, 4) is 0 Å². The Labute approximate surface area is 90.0 Å². The van der Waals surface area contributed by atoms with Crippen molar-refractivity contribution in [2.75, 3.05) is 5.32 Å². The summed E-state index contributed by atoms with van der Waals surface area (Å²) in [6.07, 6.45) is 2.80. The molecule has 0 aliphatic carbocycles. The van der Waals surface area contributed by atoms with E-state index in [4.69, 9.17) is 0 Å². The molecule has 1 heterocycles. The number of aromatic nitrogens is 1. The van der Waals surface area contributed by atoms with Crippen molar-refractivity contribution in [3.05, 3.63) is 54.2 Å². The van der Waals surface area contributed by atoms with E-state index < -0.39 is 0 Å². The summed E-state index contributed by atoms with van der Waals surface area (Å²) in [7, 11) is 0. The van der Waals surface area contributed by atoms with Crippen LogP contribution in [0.4, 0.5) is 11.5 Å². The van der Waals surface area contributed by atoms with Crippen LogP contribution in [0.3, 0.4) is 0 Å². The van der Waals surface area contributed by atoms with Crippen LogP contribution in [0, 0.1) is 0 Å². The number of benzene rings is 1. The molecule has 0 unspecified atom stereocenters. The van der Waals surface area contributed by atoms with Crippen LogP contribution in [0.5, 0.6) is 0 Å². The molecule has 1 N–H and O–H groups in total. The topological polar surface area (TPSA) is 24.9 Å². The molecular formula is C13H14N2. The molecule has 0 atom stereocenters. The van der Waals surface area contributed by atoms with E-state index in [9.17, 15) is 0 Å². The second-order valence-corrected chi connectivity index (χ2v) is 3.36. The van der Waals surface area contributed by atoms with Crippen molar-refractivity contribution in [1.29, 1.82) is 0 Å². The van der Waals surface area contributed by atoms with E-state index in [1.54, 1.807) is 0 Å². The molecule has 0 saturated heterocycles. The first-order chi connectivity index (χ1) is 7.40. The Morgan fingerprint density at radius 3 is 2.60 bits per heavy atom. The predicted molar refractivity (Wildman–Crippen MR) is 63.3 cm³/mol. The summed E-state index contributed by atoms with van der Waals surface area (Å²) in [5, 5.41) is 3.31. The zero-order valence-electron chi connectivity index (χ0n) is 8.77. The van der Waals surface area contributed by atoms with Gasteiger partial charge in [0.15, 0.2) is 0 Å². The van der Waals surface area contributed by atoms with Crippen LogP contribution in [-0.4, -0.2) is 4.98 Å². The fourth-order valence-electron chi connectivity index (χ4n) is 1.49. The summed E-state index contributed by atoms with van der Waals surface area (Å²) in [5.41, 5.74) is 2.31. The SMILES string of the molecule is CCc1cccnc1Nc1ccccc1.